The van der Waals surface area contributed by atoms with Gasteiger partial charge in [-0.3, -0.25) is 0 Å². The molecule has 1 nitrogen and oxygen atoms in total. The summed E-state index contributed by atoms with van der Waals surface area (Å²) in [6, 6.07) is 0. The minimum atomic E-state index is -1.36. The molecule has 134 valence electrons. The van der Waals surface area contributed by atoms with E-state index in [1.807, 2.05) is 0 Å². The van der Waals surface area contributed by atoms with Crippen molar-refractivity contribution in [2.75, 3.05) is 6.61 Å². The monoisotopic (exact) mass is 352 g/mol. The first-order valence-corrected chi connectivity index (χ1v) is 7.97. The maximum Gasteiger partial charge on any atom is 0.166 e. The zero-order chi connectivity index (χ0) is 18.6. The van der Waals surface area contributed by atoms with Crippen molar-refractivity contribution in [3.8, 4) is 0 Å². The quantitative estimate of drug-likeness (QED) is 0.420. The molecule has 0 saturated carbocycles. The maximum atomic E-state index is 14.7. The van der Waals surface area contributed by atoms with E-state index in [1.165, 1.54) is 12.2 Å². The summed E-state index contributed by atoms with van der Waals surface area (Å²) >= 11 is 0. The van der Waals surface area contributed by atoms with Crippen LogP contribution >= 0.6 is 0 Å². The first-order valence-electron chi connectivity index (χ1n) is 7.97. The lowest BCUT2D eigenvalue weighted by atomic mass is 9.88. The van der Waals surface area contributed by atoms with Gasteiger partial charge in [0, 0.05) is 17.1 Å². The van der Waals surface area contributed by atoms with E-state index in [1.54, 1.807) is 6.08 Å². The van der Waals surface area contributed by atoms with Crippen LogP contribution in [0.25, 0.3) is 0 Å². The Bertz CT molecular complexity index is 701. The SMILES string of the molecule is C=CC1CCC(C2=CC/C=C\C(F)=C(\F)C(=C)C(=C)C(F)=C2F)CO1. The van der Waals surface area contributed by atoms with E-state index in [9.17, 15) is 17.6 Å². The number of hydrogen-bond acceptors (Lipinski definition) is 1. The van der Waals surface area contributed by atoms with Crippen molar-refractivity contribution in [3.05, 3.63) is 84.1 Å². The lowest BCUT2D eigenvalue weighted by Crippen LogP contribution is -2.26. The fourth-order valence-corrected chi connectivity index (χ4v) is 2.75. The van der Waals surface area contributed by atoms with Gasteiger partial charge in [0.25, 0.3) is 0 Å². The van der Waals surface area contributed by atoms with Crippen molar-refractivity contribution in [2.24, 2.45) is 5.92 Å². The Balaban J connectivity index is 2.40. The average molecular weight is 352 g/mol. The standard InChI is InChI=1S/C20H20F4O/c1-4-15-10-9-14(11-25-15)16-7-5-6-8-17(21)18(22)12(2)13(3)19(23)20(16)24/h4,6-8,14-15H,1-3,5,9-11H2/b8-6-,16-7?,18-17-,20-19?. The minimum Gasteiger partial charge on any atom is -0.374 e. The van der Waals surface area contributed by atoms with Crippen LogP contribution in [-0.2, 0) is 4.74 Å². The molecule has 0 bridgehead atoms. The predicted molar refractivity (Wildman–Crippen MR) is 91.3 cm³/mol. The Hall–Kier alpha value is -2.14. The molecule has 0 aromatic heterocycles. The minimum absolute atomic E-state index is 0.112. The van der Waals surface area contributed by atoms with Crippen molar-refractivity contribution >= 4 is 0 Å². The normalized spacial score (nSPS) is 30.6. The van der Waals surface area contributed by atoms with E-state index < -0.39 is 34.5 Å². The lowest BCUT2D eigenvalue weighted by Gasteiger charge is -2.28. The average Bonchev–Trinajstić information content (AvgIpc) is 2.65. The maximum absolute atomic E-state index is 14.7. The predicted octanol–water partition coefficient (Wildman–Crippen LogP) is 6.27. The summed E-state index contributed by atoms with van der Waals surface area (Å²) in [5, 5.41) is 0. The van der Waals surface area contributed by atoms with Crippen LogP contribution in [-0.4, -0.2) is 12.7 Å². The van der Waals surface area contributed by atoms with Gasteiger partial charge in [0.1, 0.15) is 0 Å². The summed E-state index contributed by atoms with van der Waals surface area (Å²) in [7, 11) is 0. The zero-order valence-electron chi connectivity index (χ0n) is 13.8. The lowest BCUT2D eigenvalue weighted by molar-refractivity contribution is 0.0213. The van der Waals surface area contributed by atoms with Gasteiger partial charge in [-0.1, -0.05) is 31.4 Å². The van der Waals surface area contributed by atoms with E-state index in [0.29, 0.717) is 12.8 Å². The Morgan fingerprint density at radius 3 is 2.28 bits per heavy atom. The van der Waals surface area contributed by atoms with Crippen LogP contribution in [0.2, 0.25) is 0 Å². The zero-order valence-corrected chi connectivity index (χ0v) is 13.8. The van der Waals surface area contributed by atoms with Crippen LogP contribution in [0.3, 0.4) is 0 Å². The van der Waals surface area contributed by atoms with Gasteiger partial charge >= 0.3 is 0 Å². The molecule has 0 radical (unpaired) electrons. The van der Waals surface area contributed by atoms with Crippen molar-refractivity contribution in [2.45, 2.75) is 25.4 Å². The summed E-state index contributed by atoms with van der Waals surface area (Å²) in [6.07, 6.45) is 6.60. The Kier molecular flexibility index (Phi) is 6.37. The number of hydrogen-bond donors (Lipinski definition) is 0. The van der Waals surface area contributed by atoms with Crippen molar-refractivity contribution < 1.29 is 22.3 Å². The molecule has 5 heteroatoms. The molecule has 1 aliphatic carbocycles. The second kappa shape index (κ2) is 8.30. The topological polar surface area (TPSA) is 9.23 Å². The highest BCUT2D eigenvalue weighted by Gasteiger charge is 2.28. The van der Waals surface area contributed by atoms with Gasteiger partial charge in [-0.2, -0.15) is 0 Å². The molecule has 0 N–H and O–H groups in total. The van der Waals surface area contributed by atoms with Crippen LogP contribution in [0.15, 0.2) is 84.1 Å². The third kappa shape index (κ3) is 4.28. The molecule has 0 aromatic carbocycles. The molecule has 1 aliphatic heterocycles. The number of rotatable bonds is 2. The van der Waals surface area contributed by atoms with Crippen molar-refractivity contribution in [1.82, 2.24) is 0 Å². The Morgan fingerprint density at radius 2 is 1.68 bits per heavy atom. The molecule has 0 aromatic rings. The van der Waals surface area contributed by atoms with Gasteiger partial charge < -0.3 is 4.74 Å². The van der Waals surface area contributed by atoms with E-state index in [4.69, 9.17) is 4.74 Å². The molecule has 2 unspecified atom stereocenters. The van der Waals surface area contributed by atoms with Gasteiger partial charge in [-0.05, 0) is 30.9 Å². The molecule has 1 fully saturated rings. The third-order valence-electron chi connectivity index (χ3n) is 4.30. The van der Waals surface area contributed by atoms with E-state index in [2.05, 4.69) is 19.7 Å². The Morgan fingerprint density at radius 1 is 1.00 bits per heavy atom. The van der Waals surface area contributed by atoms with Crippen LogP contribution in [0.4, 0.5) is 17.6 Å². The molecule has 25 heavy (non-hydrogen) atoms. The first kappa shape index (κ1) is 19.2. The van der Waals surface area contributed by atoms with E-state index in [-0.39, 0.29) is 30.6 Å². The highest BCUT2D eigenvalue weighted by atomic mass is 19.2. The molecule has 0 spiro atoms. The number of ether oxygens (including phenoxy) is 1. The molecular formula is C20H20F4O. The first-order chi connectivity index (χ1) is 11.9. The highest BCUT2D eigenvalue weighted by Crippen LogP contribution is 2.37. The summed E-state index contributed by atoms with van der Waals surface area (Å²) in [6.45, 7) is 10.4. The fraction of sp³-hybridized carbons (Fsp3) is 0.300. The molecule has 1 heterocycles. The van der Waals surface area contributed by atoms with Crippen molar-refractivity contribution in [1.29, 1.82) is 0 Å². The number of allylic oxidation sites excluding steroid dienone is 9. The van der Waals surface area contributed by atoms with Crippen LogP contribution in [0.5, 0.6) is 0 Å². The second-order valence-corrected chi connectivity index (χ2v) is 5.93. The van der Waals surface area contributed by atoms with Gasteiger partial charge in [-0.15, -0.1) is 6.58 Å². The van der Waals surface area contributed by atoms with Crippen LogP contribution < -0.4 is 0 Å². The summed E-state index contributed by atoms with van der Waals surface area (Å²) < 4.78 is 62.3. The Labute approximate surface area is 145 Å². The molecule has 2 rings (SSSR count). The van der Waals surface area contributed by atoms with Crippen molar-refractivity contribution in [3.63, 3.8) is 0 Å². The summed E-state index contributed by atoms with van der Waals surface area (Å²) in [5.74, 6) is -5.40. The molecule has 0 amide bonds. The fourth-order valence-electron chi connectivity index (χ4n) is 2.75. The molecule has 2 atom stereocenters. The van der Waals surface area contributed by atoms with E-state index in [0.717, 1.165) is 6.08 Å². The third-order valence-corrected chi connectivity index (χ3v) is 4.30. The molecular weight excluding hydrogens is 332 g/mol. The molecule has 2 aliphatic rings. The van der Waals surface area contributed by atoms with Gasteiger partial charge in [0.05, 0.1) is 12.7 Å². The van der Waals surface area contributed by atoms with E-state index >= 15 is 0 Å². The second-order valence-electron chi connectivity index (χ2n) is 5.93. The highest BCUT2D eigenvalue weighted by molar-refractivity contribution is 5.53. The largest absolute Gasteiger partial charge is 0.374 e. The smallest absolute Gasteiger partial charge is 0.166 e. The number of halogens is 4. The van der Waals surface area contributed by atoms with Gasteiger partial charge in [-0.25, -0.2) is 17.6 Å². The summed E-state index contributed by atoms with van der Waals surface area (Å²) in [4.78, 5) is 0. The van der Waals surface area contributed by atoms with Crippen LogP contribution in [0.1, 0.15) is 19.3 Å². The van der Waals surface area contributed by atoms with Crippen LogP contribution in [0, 0.1) is 5.92 Å². The van der Waals surface area contributed by atoms with Gasteiger partial charge in [0.15, 0.2) is 23.3 Å². The molecule has 1 saturated heterocycles. The van der Waals surface area contributed by atoms with Gasteiger partial charge in [0.2, 0.25) is 0 Å². The summed E-state index contributed by atoms with van der Waals surface area (Å²) in [5.41, 5.74) is -1.13.